The third-order valence-corrected chi connectivity index (χ3v) is 5.79. The number of benzene rings is 1. The molecule has 1 aliphatic carbocycles. The summed E-state index contributed by atoms with van der Waals surface area (Å²) in [5.41, 5.74) is 2.47. The summed E-state index contributed by atoms with van der Waals surface area (Å²) in [6, 6.07) is 14.0. The van der Waals surface area contributed by atoms with E-state index >= 15 is 0 Å². The predicted octanol–water partition coefficient (Wildman–Crippen LogP) is 3.82. The van der Waals surface area contributed by atoms with E-state index in [2.05, 4.69) is 32.7 Å². The number of carbonyl (C=O) groups excluding carboxylic acids is 1. The molecule has 0 atom stereocenters. The van der Waals surface area contributed by atoms with Gasteiger partial charge in [-0.15, -0.1) is 0 Å². The minimum atomic E-state index is -0.277. The maximum Gasteiger partial charge on any atom is 0.319 e. The molecular formula is C22H28N4O2. The fourth-order valence-electron chi connectivity index (χ4n) is 4.24. The number of ether oxygens (including phenoxy) is 1. The van der Waals surface area contributed by atoms with E-state index < -0.39 is 0 Å². The zero-order valence-corrected chi connectivity index (χ0v) is 16.4. The second-order valence-electron chi connectivity index (χ2n) is 7.64. The Morgan fingerprint density at radius 3 is 2.46 bits per heavy atom. The Hall–Kier alpha value is -2.60. The van der Waals surface area contributed by atoms with Crippen LogP contribution in [0.2, 0.25) is 0 Å². The Bertz CT molecular complexity index is 813. The Morgan fingerprint density at radius 2 is 1.79 bits per heavy atom. The number of nitrogens with one attached hydrogen (secondary N) is 2. The number of nitrogens with zero attached hydrogens (tertiary/aromatic N) is 2. The summed E-state index contributed by atoms with van der Waals surface area (Å²) in [4.78, 5) is 19.7. The highest BCUT2D eigenvalue weighted by Crippen LogP contribution is 2.38. The van der Waals surface area contributed by atoms with E-state index in [-0.39, 0.29) is 11.6 Å². The lowest BCUT2D eigenvalue weighted by atomic mass is 9.88. The van der Waals surface area contributed by atoms with E-state index in [9.17, 15) is 4.79 Å². The van der Waals surface area contributed by atoms with Gasteiger partial charge in [0, 0.05) is 13.1 Å². The van der Waals surface area contributed by atoms with Crippen molar-refractivity contribution >= 4 is 17.5 Å². The number of hydrogen-bond donors (Lipinski definition) is 2. The topological polar surface area (TPSA) is 66.5 Å². The number of morpholine rings is 1. The van der Waals surface area contributed by atoms with E-state index in [1.807, 2.05) is 37.3 Å². The van der Waals surface area contributed by atoms with Crippen molar-refractivity contribution in [1.29, 1.82) is 0 Å². The first kappa shape index (κ1) is 18.7. The Labute approximate surface area is 166 Å². The van der Waals surface area contributed by atoms with E-state index in [4.69, 9.17) is 4.74 Å². The van der Waals surface area contributed by atoms with Gasteiger partial charge in [0.05, 0.1) is 30.1 Å². The van der Waals surface area contributed by atoms with Gasteiger partial charge in [-0.25, -0.2) is 9.78 Å². The molecule has 1 aromatic carbocycles. The highest BCUT2D eigenvalue weighted by Gasteiger charge is 2.37. The first-order valence-corrected chi connectivity index (χ1v) is 10.1. The summed E-state index contributed by atoms with van der Waals surface area (Å²) in [7, 11) is 0. The van der Waals surface area contributed by atoms with Crippen molar-refractivity contribution in [2.24, 2.45) is 0 Å². The molecule has 2 aliphatic rings. The molecule has 6 nitrogen and oxygen atoms in total. The fraction of sp³-hybridized carbons (Fsp3) is 0.455. The fourth-order valence-corrected chi connectivity index (χ4v) is 4.24. The van der Waals surface area contributed by atoms with Crippen molar-refractivity contribution in [2.75, 3.05) is 36.5 Å². The second-order valence-corrected chi connectivity index (χ2v) is 7.64. The van der Waals surface area contributed by atoms with Crippen molar-refractivity contribution in [1.82, 2.24) is 10.3 Å². The Morgan fingerprint density at radius 1 is 1.07 bits per heavy atom. The number of amides is 2. The quantitative estimate of drug-likeness (QED) is 0.846. The van der Waals surface area contributed by atoms with Crippen LogP contribution in [0.3, 0.4) is 0 Å². The lowest BCUT2D eigenvalue weighted by molar-refractivity contribution is 0.122. The summed E-state index contributed by atoms with van der Waals surface area (Å²) in [6.07, 6.45) is 4.20. The van der Waals surface area contributed by atoms with Crippen LogP contribution in [0.5, 0.6) is 0 Å². The molecule has 1 aromatic heterocycles. The second kappa shape index (κ2) is 8.19. The third kappa shape index (κ3) is 3.97. The monoisotopic (exact) mass is 380 g/mol. The Balaban J connectivity index is 1.46. The summed E-state index contributed by atoms with van der Waals surface area (Å²) in [5.74, 6) is 0.934. The molecule has 2 heterocycles. The molecule has 28 heavy (non-hydrogen) atoms. The SMILES string of the molecule is Cc1nc(N2CCOCC2)ccc1NC(=O)NC1(c2ccccc2)CCCC1. The van der Waals surface area contributed by atoms with Crippen LogP contribution in [0, 0.1) is 6.92 Å². The number of aryl methyl sites for hydroxylation is 1. The molecule has 0 spiro atoms. The van der Waals surface area contributed by atoms with Gasteiger partial charge in [-0.3, -0.25) is 0 Å². The molecule has 6 heteroatoms. The van der Waals surface area contributed by atoms with Crippen LogP contribution >= 0.6 is 0 Å². The summed E-state index contributed by atoms with van der Waals surface area (Å²) in [5, 5.41) is 6.26. The van der Waals surface area contributed by atoms with Gasteiger partial charge in [0.2, 0.25) is 0 Å². The highest BCUT2D eigenvalue weighted by molar-refractivity contribution is 5.90. The molecule has 2 aromatic rings. The number of carbonyl (C=O) groups is 1. The standard InChI is InChI=1S/C22H28N4O2/c1-17-19(9-10-20(23-17)26-13-15-28-16-14-26)24-21(27)25-22(11-5-6-12-22)18-7-3-2-4-8-18/h2-4,7-10H,5-6,11-16H2,1H3,(H2,24,25,27). The Kier molecular flexibility index (Phi) is 5.48. The smallest absolute Gasteiger partial charge is 0.319 e. The van der Waals surface area contributed by atoms with Crippen molar-refractivity contribution in [3.8, 4) is 0 Å². The van der Waals surface area contributed by atoms with E-state index in [0.29, 0.717) is 0 Å². The first-order chi connectivity index (χ1) is 13.7. The molecule has 4 rings (SSSR count). The van der Waals surface area contributed by atoms with Gasteiger partial charge >= 0.3 is 6.03 Å². The predicted molar refractivity (Wildman–Crippen MR) is 111 cm³/mol. The normalized spacial score (nSPS) is 18.7. The summed E-state index contributed by atoms with van der Waals surface area (Å²) >= 11 is 0. The van der Waals surface area contributed by atoms with Crippen LogP contribution in [0.25, 0.3) is 0 Å². The molecule has 1 saturated carbocycles. The van der Waals surface area contributed by atoms with Gasteiger partial charge in [0.1, 0.15) is 5.82 Å². The molecule has 0 radical (unpaired) electrons. The maximum absolute atomic E-state index is 12.8. The van der Waals surface area contributed by atoms with Gasteiger partial charge in [-0.2, -0.15) is 0 Å². The van der Waals surface area contributed by atoms with E-state index in [1.54, 1.807) is 0 Å². The number of rotatable bonds is 4. The summed E-state index contributed by atoms with van der Waals surface area (Å²) in [6.45, 7) is 5.08. The molecule has 0 unspecified atom stereocenters. The number of aromatic nitrogens is 1. The zero-order valence-electron chi connectivity index (χ0n) is 16.4. The van der Waals surface area contributed by atoms with Crippen molar-refractivity contribution in [3.63, 3.8) is 0 Å². The largest absolute Gasteiger partial charge is 0.378 e. The molecule has 2 N–H and O–H groups in total. The minimum absolute atomic E-state index is 0.172. The molecule has 0 bridgehead atoms. The van der Waals surface area contributed by atoms with Gasteiger partial charge in [-0.1, -0.05) is 43.2 Å². The van der Waals surface area contributed by atoms with E-state index in [0.717, 1.165) is 69.2 Å². The minimum Gasteiger partial charge on any atom is -0.378 e. The average molecular weight is 380 g/mol. The summed E-state index contributed by atoms with van der Waals surface area (Å²) < 4.78 is 5.40. The molecule has 148 valence electrons. The first-order valence-electron chi connectivity index (χ1n) is 10.1. The molecule has 2 fully saturated rings. The van der Waals surface area contributed by atoms with Gasteiger partial charge in [0.15, 0.2) is 0 Å². The van der Waals surface area contributed by atoms with Crippen LogP contribution < -0.4 is 15.5 Å². The van der Waals surface area contributed by atoms with E-state index in [1.165, 1.54) is 5.56 Å². The van der Waals surface area contributed by atoms with Gasteiger partial charge in [-0.05, 0) is 37.5 Å². The van der Waals surface area contributed by atoms with Crippen molar-refractivity contribution < 1.29 is 9.53 Å². The van der Waals surface area contributed by atoms with Gasteiger partial charge < -0.3 is 20.3 Å². The van der Waals surface area contributed by atoms with Crippen LogP contribution in [0.1, 0.15) is 36.9 Å². The van der Waals surface area contributed by atoms with Crippen LogP contribution in [-0.2, 0) is 10.3 Å². The lowest BCUT2D eigenvalue weighted by Crippen LogP contribution is -2.46. The molecule has 1 saturated heterocycles. The van der Waals surface area contributed by atoms with Crippen molar-refractivity contribution in [3.05, 3.63) is 53.7 Å². The van der Waals surface area contributed by atoms with Crippen LogP contribution in [-0.4, -0.2) is 37.3 Å². The third-order valence-electron chi connectivity index (χ3n) is 5.79. The maximum atomic E-state index is 12.8. The van der Waals surface area contributed by atoms with Crippen molar-refractivity contribution in [2.45, 2.75) is 38.1 Å². The number of urea groups is 1. The average Bonchev–Trinajstić information content (AvgIpc) is 3.20. The van der Waals surface area contributed by atoms with Gasteiger partial charge in [0.25, 0.3) is 0 Å². The number of anilines is 2. The highest BCUT2D eigenvalue weighted by atomic mass is 16.5. The molecule has 1 aliphatic heterocycles. The van der Waals surface area contributed by atoms with Crippen LogP contribution in [0.15, 0.2) is 42.5 Å². The number of hydrogen-bond acceptors (Lipinski definition) is 4. The van der Waals surface area contributed by atoms with Crippen LogP contribution in [0.4, 0.5) is 16.3 Å². The lowest BCUT2D eigenvalue weighted by Gasteiger charge is -2.31. The number of pyridine rings is 1. The molecular weight excluding hydrogens is 352 g/mol. The zero-order chi connectivity index (χ0) is 19.4. The molecule has 2 amide bonds.